The van der Waals surface area contributed by atoms with Crippen molar-refractivity contribution in [3.05, 3.63) is 44.4 Å². The number of thiazole rings is 1. The minimum atomic E-state index is -0.416. The molecule has 2 aromatic rings. The molecule has 0 aliphatic carbocycles. The van der Waals surface area contributed by atoms with Crippen LogP contribution in [0.4, 0.5) is 11.4 Å². The topological polar surface area (TPSA) is 77.3 Å². The van der Waals surface area contributed by atoms with Crippen molar-refractivity contribution in [2.75, 3.05) is 11.9 Å². The first-order valence-corrected chi connectivity index (χ1v) is 7.55. The third-order valence-corrected chi connectivity index (χ3v) is 3.71. The number of aromatic nitrogens is 1. The number of rotatable bonds is 7. The third-order valence-electron chi connectivity index (χ3n) is 2.74. The minimum absolute atomic E-state index is 0.0285. The maximum Gasteiger partial charge on any atom is 0.333 e. The van der Waals surface area contributed by atoms with Crippen LogP contribution in [0.2, 0.25) is 0 Å². The molecular formula is C14H17N3O3S. The van der Waals surface area contributed by atoms with E-state index in [9.17, 15) is 10.1 Å². The predicted octanol–water partition coefficient (Wildman–Crippen LogP) is 3.76. The molecule has 1 heterocycles. The maximum absolute atomic E-state index is 11.3. The van der Waals surface area contributed by atoms with E-state index >= 15 is 0 Å². The van der Waals surface area contributed by atoms with E-state index in [-0.39, 0.29) is 5.69 Å². The Morgan fingerprint density at radius 2 is 2.29 bits per heavy atom. The standard InChI is InChI=1S/C14H17N3O3S/c1-3-7-20-12-6-4-5-11(14(12)17(18)19)15-8-13-16-10(2)9-21-13/h4-6,9,15H,3,7-8H2,1-2H3. The van der Waals surface area contributed by atoms with Crippen molar-refractivity contribution in [1.29, 1.82) is 0 Å². The first-order valence-electron chi connectivity index (χ1n) is 6.67. The first-order chi connectivity index (χ1) is 10.1. The van der Waals surface area contributed by atoms with Crippen molar-refractivity contribution >= 4 is 22.7 Å². The van der Waals surface area contributed by atoms with Crippen LogP contribution in [-0.4, -0.2) is 16.5 Å². The highest BCUT2D eigenvalue weighted by atomic mass is 32.1. The molecule has 7 heteroatoms. The summed E-state index contributed by atoms with van der Waals surface area (Å²) < 4.78 is 5.45. The number of hydrogen-bond donors (Lipinski definition) is 1. The van der Waals surface area contributed by atoms with Crippen LogP contribution < -0.4 is 10.1 Å². The fourth-order valence-electron chi connectivity index (χ4n) is 1.84. The molecule has 21 heavy (non-hydrogen) atoms. The lowest BCUT2D eigenvalue weighted by Crippen LogP contribution is -2.05. The summed E-state index contributed by atoms with van der Waals surface area (Å²) in [5.41, 5.74) is 1.37. The molecule has 0 atom stereocenters. The number of nitro groups is 1. The van der Waals surface area contributed by atoms with Gasteiger partial charge in [-0.25, -0.2) is 4.98 Å². The molecule has 0 saturated heterocycles. The largest absolute Gasteiger partial charge is 0.487 e. The van der Waals surface area contributed by atoms with Gasteiger partial charge in [0.1, 0.15) is 10.7 Å². The van der Waals surface area contributed by atoms with Gasteiger partial charge in [-0.05, 0) is 25.5 Å². The van der Waals surface area contributed by atoms with Crippen molar-refractivity contribution in [2.24, 2.45) is 0 Å². The number of ether oxygens (including phenoxy) is 1. The fourth-order valence-corrected chi connectivity index (χ4v) is 2.55. The lowest BCUT2D eigenvalue weighted by atomic mass is 10.2. The van der Waals surface area contributed by atoms with Crippen molar-refractivity contribution in [3.63, 3.8) is 0 Å². The number of nitrogens with one attached hydrogen (secondary N) is 1. The lowest BCUT2D eigenvalue weighted by molar-refractivity contribution is -0.385. The summed E-state index contributed by atoms with van der Waals surface area (Å²) in [6.45, 7) is 4.78. The van der Waals surface area contributed by atoms with Crippen LogP contribution in [0, 0.1) is 17.0 Å². The molecule has 0 bridgehead atoms. The monoisotopic (exact) mass is 307 g/mol. The van der Waals surface area contributed by atoms with E-state index in [1.165, 1.54) is 11.3 Å². The molecule has 112 valence electrons. The van der Waals surface area contributed by atoms with E-state index in [2.05, 4.69) is 10.3 Å². The summed E-state index contributed by atoms with van der Waals surface area (Å²) in [6.07, 6.45) is 0.799. The normalized spacial score (nSPS) is 10.4. The van der Waals surface area contributed by atoms with Crippen LogP contribution in [0.1, 0.15) is 24.0 Å². The van der Waals surface area contributed by atoms with E-state index in [4.69, 9.17) is 4.74 Å². The Morgan fingerprint density at radius 1 is 1.48 bits per heavy atom. The van der Waals surface area contributed by atoms with E-state index in [0.29, 0.717) is 24.6 Å². The molecule has 1 aromatic carbocycles. The first kappa shape index (κ1) is 15.2. The van der Waals surface area contributed by atoms with Gasteiger partial charge in [-0.3, -0.25) is 10.1 Å². The molecular weight excluding hydrogens is 290 g/mol. The van der Waals surface area contributed by atoms with Crippen LogP contribution in [0.15, 0.2) is 23.6 Å². The second-order valence-corrected chi connectivity index (χ2v) is 5.44. The van der Waals surface area contributed by atoms with Crippen LogP contribution in [0.25, 0.3) is 0 Å². The van der Waals surface area contributed by atoms with Gasteiger partial charge in [-0.15, -0.1) is 11.3 Å². The number of aryl methyl sites for hydroxylation is 1. The van der Waals surface area contributed by atoms with Gasteiger partial charge in [0.15, 0.2) is 5.75 Å². The van der Waals surface area contributed by atoms with Gasteiger partial charge in [-0.1, -0.05) is 13.0 Å². The van der Waals surface area contributed by atoms with Gasteiger partial charge in [0, 0.05) is 11.1 Å². The highest BCUT2D eigenvalue weighted by Gasteiger charge is 2.20. The maximum atomic E-state index is 11.3. The Labute approximate surface area is 126 Å². The molecule has 0 radical (unpaired) electrons. The molecule has 0 spiro atoms. The molecule has 1 aromatic heterocycles. The highest BCUT2D eigenvalue weighted by Crippen LogP contribution is 2.35. The summed E-state index contributed by atoms with van der Waals surface area (Å²) in [5, 5.41) is 17.2. The molecule has 0 aliphatic rings. The van der Waals surface area contributed by atoms with Crippen LogP contribution in [0.5, 0.6) is 5.75 Å². The van der Waals surface area contributed by atoms with Gasteiger partial charge in [-0.2, -0.15) is 0 Å². The van der Waals surface area contributed by atoms with Crippen molar-refractivity contribution in [1.82, 2.24) is 4.98 Å². The number of hydrogen-bond acceptors (Lipinski definition) is 6. The van der Waals surface area contributed by atoms with E-state index in [0.717, 1.165) is 17.1 Å². The van der Waals surface area contributed by atoms with Gasteiger partial charge in [0.2, 0.25) is 0 Å². The molecule has 0 aliphatic heterocycles. The molecule has 2 rings (SSSR count). The molecule has 0 saturated carbocycles. The number of nitrogens with zero attached hydrogens (tertiary/aromatic N) is 2. The van der Waals surface area contributed by atoms with Gasteiger partial charge in [0.05, 0.1) is 18.1 Å². The number of benzene rings is 1. The van der Waals surface area contributed by atoms with E-state index in [1.807, 2.05) is 19.2 Å². The van der Waals surface area contributed by atoms with Crippen molar-refractivity contribution < 1.29 is 9.66 Å². The average Bonchev–Trinajstić information content (AvgIpc) is 2.88. The number of nitro benzene ring substituents is 1. The van der Waals surface area contributed by atoms with Crippen LogP contribution in [-0.2, 0) is 6.54 Å². The third kappa shape index (κ3) is 3.91. The zero-order valence-electron chi connectivity index (χ0n) is 12.0. The number of para-hydroxylation sites is 1. The lowest BCUT2D eigenvalue weighted by Gasteiger charge is -2.10. The second kappa shape index (κ2) is 7.03. The Morgan fingerprint density at radius 3 is 2.90 bits per heavy atom. The Bertz CT molecular complexity index is 628. The summed E-state index contributed by atoms with van der Waals surface area (Å²) in [5.74, 6) is 0.294. The van der Waals surface area contributed by atoms with Gasteiger partial charge < -0.3 is 10.1 Å². The molecule has 0 unspecified atom stereocenters. The molecule has 0 amide bonds. The van der Waals surface area contributed by atoms with E-state index in [1.54, 1.807) is 18.2 Å². The summed E-state index contributed by atoms with van der Waals surface area (Å²) in [4.78, 5) is 15.2. The summed E-state index contributed by atoms with van der Waals surface area (Å²) >= 11 is 1.53. The average molecular weight is 307 g/mol. The molecule has 0 fully saturated rings. The number of anilines is 1. The highest BCUT2D eigenvalue weighted by molar-refractivity contribution is 7.09. The molecule has 6 nitrogen and oxygen atoms in total. The Balaban J connectivity index is 2.19. The second-order valence-electron chi connectivity index (χ2n) is 4.49. The zero-order valence-corrected chi connectivity index (χ0v) is 12.8. The smallest absolute Gasteiger partial charge is 0.333 e. The van der Waals surface area contributed by atoms with Gasteiger partial charge >= 0.3 is 5.69 Å². The van der Waals surface area contributed by atoms with Crippen molar-refractivity contribution in [2.45, 2.75) is 26.8 Å². The van der Waals surface area contributed by atoms with E-state index < -0.39 is 4.92 Å². The minimum Gasteiger partial charge on any atom is -0.487 e. The zero-order chi connectivity index (χ0) is 15.2. The SMILES string of the molecule is CCCOc1cccc(NCc2nc(C)cs2)c1[N+](=O)[O-]. The van der Waals surface area contributed by atoms with Crippen molar-refractivity contribution in [3.8, 4) is 5.75 Å². The summed E-state index contributed by atoms with van der Waals surface area (Å²) in [6, 6.07) is 5.04. The quantitative estimate of drug-likeness (QED) is 0.622. The molecule has 1 N–H and O–H groups in total. The summed E-state index contributed by atoms with van der Waals surface area (Å²) in [7, 11) is 0. The Hall–Kier alpha value is -2.15. The van der Waals surface area contributed by atoms with Gasteiger partial charge in [0.25, 0.3) is 0 Å². The fraction of sp³-hybridized carbons (Fsp3) is 0.357. The van der Waals surface area contributed by atoms with Crippen LogP contribution in [0.3, 0.4) is 0 Å². The van der Waals surface area contributed by atoms with Crippen LogP contribution >= 0.6 is 11.3 Å². The predicted molar refractivity (Wildman–Crippen MR) is 83.1 cm³/mol. The Kier molecular flexibility index (Phi) is 5.10.